The molecule has 0 aliphatic heterocycles. The van der Waals surface area contributed by atoms with Gasteiger partial charge in [-0.2, -0.15) is 0 Å². The van der Waals surface area contributed by atoms with E-state index in [1.54, 1.807) is 24.1 Å². The lowest BCUT2D eigenvalue weighted by molar-refractivity contribution is 0.414. The minimum atomic E-state index is -0.0820. The lowest BCUT2D eigenvalue weighted by atomic mass is 10.1. The average Bonchev–Trinajstić information content (AvgIpc) is 2.89. The number of nitrogen functional groups attached to an aromatic ring is 1. The Balaban J connectivity index is 1.81. The van der Waals surface area contributed by atoms with Crippen LogP contribution in [-0.4, -0.2) is 21.6 Å². The second-order valence-electron chi connectivity index (χ2n) is 4.83. The highest BCUT2D eigenvalue weighted by Gasteiger charge is 2.07. The maximum Gasteiger partial charge on any atom is 0.262 e. The molecule has 0 amide bonds. The Morgan fingerprint density at radius 3 is 2.81 bits per heavy atom. The quantitative estimate of drug-likeness (QED) is 0.761. The van der Waals surface area contributed by atoms with Gasteiger partial charge in [-0.05, 0) is 30.2 Å². The first-order valence-electron chi connectivity index (χ1n) is 6.64. The molecule has 108 valence electrons. The van der Waals surface area contributed by atoms with E-state index in [4.69, 9.17) is 10.5 Å². The molecule has 21 heavy (non-hydrogen) atoms. The SMILES string of the molecule is COc1ccc(CCn2cnc3[nH]c(N)cc3c2=O)cc1. The van der Waals surface area contributed by atoms with Gasteiger partial charge in [0.05, 0.1) is 18.8 Å². The maximum absolute atomic E-state index is 12.3. The molecule has 0 bridgehead atoms. The van der Waals surface area contributed by atoms with Gasteiger partial charge in [0.15, 0.2) is 0 Å². The van der Waals surface area contributed by atoms with Crippen LogP contribution in [0.15, 0.2) is 41.5 Å². The zero-order valence-corrected chi connectivity index (χ0v) is 11.7. The van der Waals surface area contributed by atoms with Gasteiger partial charge in [-0.15, -0.1) is 0 Å². The first-order valence-corrected chi connectivity index (χ1v) is 6.64. The first kappa shape index (κ1) is 13.2. The van der Waals surface area contributed by atoms with Crippen molar-refractivity contribution in [3.8, 4) is 5.75 Å². The van der Waals surface area contributed by atoms with Gasteiger partial charge in [-0.1, -0.05) is 12.1 Å². The molecule has 0 saturated heterocycles. The number of aromatic nitrogens is 3. The fraction of sp³-hybridized carbons (Fsp3) is 0.200. The first-order chi connectivity index (χ1) is 10.2. The topological polar surface area (TPSA) is 85.9 Å². The van der Waals surface area contributed by atoms with Crippen molar-refractivity contribution in [1.82, 2.24) is 14.5 Å². The molecular weight excluding hydrogens is 268 g/mol. The lowest BCUT2D eigenvalue weighted by Crippen LogP contribution is -2.21. The smallest absolute Gasteiger partial charge is 0.262 e. The maximum atomic E-state index is 12.3. The van der Waals surface area contributed by atoms with E-state index in [-0.39, 0.29) is 5.56 Å². The summed E-state index contributed by atoms with van der Waals surface area (Å²) in [6.45, 7) is 0.569. The van der Waals surface area contributed by atoms with E-state index in [9.17, 15) is 4.79 Å². The molecule has 2 heterocycles. The van der Waals surface area contributed by atoms with Crippen LogP contribution in [0, 0.1) is 0 Å². The molecule has 0 saturated carbocycles. The monoisotopic (exact) mass is 284 g/mol. The van der Waals surface area contributed by atoms with Crippen LogP contribution in [0.5, 0.6) is 5.75 Å². The van der Waals surface area contributed by atoms with Gasteiger partial charge in [-0.25, -0.2) is 4.98 Å². The summed E-state index contributed by atoms with van der Waals surface area (Å²) in [6, 6.07) is 9.42. The number of ether oxygens (including phenoxy) is 1. The fourth-order valence-corrected chi connectivity index (χ4v) is 2.26. The van der Waals surface area contributed by atoms with E-state index < -0.39 is 0 Å². The predicted octanol–water partition coefficient (Wildman–Crippen LogP) is 1.56. The largest absolute Gasteiger partial charge is 0.497 e. The number of nitrogens with two attached hydrogens (primary N) is 1. The number of hydrogen-bond donors (Lipinski definition) is 2. The van der Waals surface area contributed by atoms with Crippen LogP contribution in [0.3, 0.4) is 0 Å². The highest BCUT2D eigenvalue weighted by Crippen LogP contribution is 2.12. The summed E-state index contributed by atoms with van der Waals surface area (Å²) in [4.78, 5) is 19.4. The highest BCUT2D eigenvalue weighted by molar-refractivity contribution is 5.78. The zero-order valence-electron chi connectivity index (χ0n) is 11.7. The standard InChI is InChI=1S/C15H16N4O2/c1-21-11-4-2-10(3-5-11)6-7-19-9-17-14-12(15(19)20)8-13(16)18-14/h2-5,8-9,18H,6-7,16H2,1H3. The number of nitrogens with one attached hydrogen (secondary N) is 1. The number of aromatic amines is 1. The Hall–Kier alpha value is -2.76. The Kier molecular flexibility index (Phi) is 3.35. The van der Waals surface area contributed by atoms with E-state index in [0.29, 0.717) is 23.4 Å². The number of aryl methyl sites for hydroxylation is 2. The Bertz CT molecular complexity index is 818. The molecule has 0 aliphatic carbocycles. The summed E-state index contributed by atoms with van der Waals surface area (Å²) >= 11 is 0. The third-order valence-corrected chi connectivity index (χ3v) is 3.44. The van der Waals surface area contributed by atoms with E-state index >= 15 is 0 Å². The lowest BCUT2D eigenvalue weighted by Gasteiger charge is -2.06. The summed E-state index contributed by atoms with van der Waals surface area (Å²) in [5.74, 6) is 1.27. The number of methoxy groups -OCH3 is 1. The van der Waals surface area contributed by atoms with Gasteiger partial charge < -0.3 is 15.5 Å². The van der Waals surface area contributed by atoms with E-state index in [1.807, 2.05) is 24.3 Å². The molecule has 3 aromatic rings. The molecule has 2 aromatic heterocycles. The van der Waals surface area contributed by atoms with Crippen molar-refractivity contribution < 1.29 is 4.74 Å². The van der Waals surface area contributed by atoms with Crippen LogP contribution in [0.1, 0.15) is 5.56 Å². The highest BCUT2D eigenvalue weighted by atomic mass is 16.5. The van der Waals surface area contributed by atoms with E-state index in [2.05, 4.69) is 9.97 Å². The number of hydrogen-bond acceptors (Lipinski definition) is 4. The molecule has 0 fully saturated rings. The van der Waals surface area contributed by atoms with Gasteiger partial charge in [0.1, 0.15) is 17.2 Å². The fourth-order valence-electron chi connectivity index (χ4n) is 2.26. The molecular formula is C15H16N4O2. The second-order valence-corrected chi connectivity index (χ2v) is 4.83. The van der Waals surface area contributed by atoms with E-state index in [0.717, 1.165) is 17.7 Å². The Labute approximate surface area is 121 Å². The number of H-pyrrole nitrogens is 1. The summed E-state index contributed by atoms with van der Waals surface area (Å²) in [6.07, 6.45) is 2.29. The molecule has 0 radical (unpaired) electrons. The van der Waals surface area contributed by atoms with E-state index in [1.165, 1.54) is 0 Å². The van der Waals surface area contributed by atoms with Gasteiger partial charge in [0.2, 0.25) is 0 Å². The third-order valence-electron chi connectivity index (χ3n) is 3.44. The average molecular weight is 284 g/mol. The van der Waals surface area contributed by atoms with Crippen molar-refractivity contribution in [2.45, 2.75) is 13.0 Å². The number of nitrogens with zero attached hydrogens (tertiary/aromatic N) is 2. The van der Waals surface area contributed by atoms with Crippen LogP contribution >= 0.6 is 0 Å². The molecule has 1 aromatic carbocycles. The Morgan fingerprint density at radius 1 is 1.33 bits per heavy atom. The number of fused-ring (bicyclic) bond motifs is 1. The minimum absolute atomic E-state index is 0.0820. The van der Waals surface area contributed by atoms with Crippen molar-refractivity contribution >= 4 is 16.9 Å². The predicted molar refractivity (Wildman–Crippen MR) is 81.5 cm³/mol. The number of rotatable bonds is 4. The van der Waals surface area contributed by atoms with Crippen molar-refractivity contribution in [3.05, 3.63) is 52.6 Å². The van der Waals surface area contributed by atoms with Crippen molar-refractivity contribution in [3.63, 3.8) is 0 Å². The molecule has 0 atom stereocenters. The van der Waals surface area contributed by atoms with Crippen molar-refractivity contribution in [2.75, 3.05) is 12.8 Å². The molecule has 3 rings (SSSR count). The zero-order chi connectivity index (χ0) is 14.8. The molecule has 0 aliphatic rings. The number of benzene rings is 1. The van der Waals surface area contributed by atoms with Crippen LogP contribution in [0.4, 0.5) is 5.82 Å². The summed E-state index contributed by atoms with van der Waals surface area (Å²) in [5.41, 5.74) is 7.23. The summed E-state index contributed by atoms with van der Waals surface area (Å²) < 4.78 is 6.72. The van der Waals surface area contributed by atoms with Gasteiger partial charge in [0, 0.05) is 6.54 Å². The minimum Gasteiger partial charge on any atom is -0.497 e. The molecule has 0 unspecified atom stereocenters. The molecule has 6 nitrogen and oxygen atoms in total. The third kappa shape index (κ3) is 2.60. The van der Waals surface area contributed by atoms with Gasteiger partial charge in [-0.3, -0.25) is 9.36 Å². The van der Waals surface area contributed by atoms with Gasteiger partial charge >= 0.3 is 0 Å². The summed E-state index contributed by atoms with van der Waals surface area (Å²) in [5, 5.41) is 0.518. The second kappa shape index (κ2) is 5.32. The Morgan fingerprint density at radius 2 is 2.10 bits per heavy atom. The normalized spacial score (nSPS) is 10.9. The van der Waals surface area contributed by atoms with Crippen LogP contribution in [0.25, 0.3) is 11.0 Å². The molecule has 6 heteroatoms. The van der Waals surface area contributed by atoms with Gasteiger partial charge in [0.25, 0.3) is 5.56 Å². The van der Waals surface area contributed by atoms with Crippen LogP contribution in [-0.2, 0) is 13.0 Å². The van der Waals surface area contributed by atoms with Crippen LogP contribution in [0.2, 0.25) is 0 Å². The van der Waals surface area contributed by atoms with Crippen LogP contribution < -0.4 is 16.0 Å². The summed E-state index contributed by atoms with van der Waals surface area (Å²) in [7, 11) is 1.64. The number of anilines is 1. The van der Waals surface area contributed by atoms with Crippen molar-refractivity contribution in [2.24, 2.45) is 0 Å². The molecule has 0 spiro atoms. The molecule has 3 N–H and O–H groups in total. The van der Waals surface area contributed by atoms with Crippen molar-refractivity contribution in [1.29, 1.82) is 0 Å².